The predicted molar refractivity (Wildman–Crippen MR) is 87.5 cm³/mol. The highest BCUT2D eigenvalue weighted by molar-refractivity contribution is 5.76. The van der Waals surface area contributed by atoms with Crippen LogP contribution in [0.5, 0.6) is 0 Å². The molecule has 0 heterocycles. The number of carbonyl (C=O) groups is 1. The molecule has 1 aliphatic carbocycles. The van der Waals surface area contributed by atoms with Crippen LogP contribution in [0.2, 0.25) is 0 Å². The molecule has 21 heavy (non-hydrogen) atoms. The molecule has 0 fully saturated rings. The van der Waals surface area contributed by atoms with E-state index in [-0.39, 0.29) is 11.9 Å². The normalized spacial score (nSPS) is 18.9. The first-order valence-corrected chi connectivity index (χ1v) is 8.28. The van der Waals surface area contributed by atoms with E-state index in [2.05, 4.69) is 41.8 Å². The van der Waals surface area contributed by atoms with Crippen molar-refractivity contribution < 1.29 is 4.79 Å². The smallest absolute Gasteiger partial charge is 0.221 e. The van der Waals surface area contributed by atoms with Gasteiger partial charge in [0, 0.05) is 25.6 Å². The number of rotatable bonds is 7. The number of carbonyl (C=O) groups excluding carboxylic acids is 1. The van der Waals surface area contributed by atoms with Crippen molar-refractivity contribution in [1.82, 2.24) is 10.6 Å². The third-order valence-electron chi connectivity index (χ3n) is 4.43. The molecule has 0 spiro atoms. The van der Waals surface area contributed by atoms with Crippen molar-refractivity contribution in [3.63, 3.8) is 0 Å². The molecule has 2 unspecified atom stereocenters. The van der Waals surface area contributed by atoms with E-state index in [0.717, 1.165) is 19.5 Å². The quantitative estimate of drug-likeness (QED) is 0.757. The minimum Gasteiger partial charge on any atom is -0.354 e. The van der Waals surface area contributed by atoms with Crippen molar-refractivity contribution in [3.8, 4) is 0 Å². The van der Waals surface area contributed by atoms with Gasteiger partial charge in [0.1, 0.15) is 0 Å². The summed E-state index contributed by atoms with van der Waals surface area (Å²) in [4.78, 5) is 11.7. The largest absolute Gasteiger partial charge is 0.354 e. The first-order chi connectivity index (χ1) is 10.2. The van der Waals surface area contributed by atoms with Gasteiger partial charge < -0.3 is 10.6 Å². The molecular formula is C18H28N2O. The van der Waals surface area contributed by atoms with Crippen LogP contribution in [0.25, 0.3) is 0 Å². The zero-order valence-corrected chi connectivity index (χ0v) is 13.3. The number of hydrogen-bond acceptors (Lipinski definition) is 2. The zero-order chi connectivity index (χ0) is 15.1. The minimum absolute atomic E-state index is 0.154. The Kier molecular flexibility index (Phi) is 6.24. The van der Waals surface area contributed by atoms with Gasteiger partial charge in [0.25, 0.3) is 0 Å². The van der Waals surface area contributed by atoms with Crippen molar-refractivity contribution in [3.05, 3.63) is 35.4 Å². The molecule has 2 N–H and O–H groups in total. The lowest BCUT2D eigenvalue weighted by Gasteiger charge is -2.25. The van der Waals surface area contributed by atoms with Crippen LogP contribution in [-0.4, -0.2) is 25.0 Å². The van der Waals surface area contributed by atoms with E-state index in [1.54, 1.807) is 0 Å². The third-order valence-corrected chi connectivity index (χ3v) is 4.43. The van der Waals surface area contributed by atoms with Crippen LogP contribution in [0, 0.1) is 0 Å². The summed E-state index contributed by atoms with van der Waals surface area (Å²) in [6.07, 6.45) is 5.29. The fourth-order valence-corrected chi connectivity index (χ4v) is 2.99. The Morgan fingerprint density at radius 3 is 3.00 bits per heavy atom. The molecule has 0 saturated heterocycles. The Morgan fingerprint density at radius 1 is 1.38 bits per heavy atom. The van der Waals surface area contributed by atoms with E-state index < -0.39 is 0 Å². The first kappa shape index (κ1) is 16.0. The summed E-state index contributed by atoms with van der Waals surface area (Å²) in [5.41, 5.74) is 3.00. The van der Waals surface area contributed by atoms with Crippen molar-refractivity contribution in [2.75, 3.05) is 13.1 Å². The minimum atomic E-state index is 0.154. The molecule has 0 bridgehead atoms. The van der Waals surface area contributed by atoms with Crippen LogP contribution in [0.4, 0.5) is 0 Å². The molecule has 1 aromatic rings. The maximum Gasteiger partial charge on any atom is 0.221 e. The van der Waals surface area contributed by atoms with E-state index in [9.17, 15) is 4.79 Å². The molecule has 0 aromatic heterocycles. The molecular weight excluding hydrogens is 260 g/mol. The predicted octanol–water partition coefficient (Wildman–Crippen LogP) is 3.00. The Morgan fingerprint density at radius 2 is 2.19 bits per heavy atom. The first-order valence-electron chi connectivity index (χ1n) is 8.28. The monoisotopic (exact) mass is 288 g/mol. The van der Waals surface area contributed by atoms with Gasteiger partial charge in [-0.25, -0.2) is 0 Å². The molecule has 2 rings (SSSR count). The van der Waals surface area contributed by atoms with Crippen LogP contribution >= 0.6 is 0 Å². The zero-order valence-electron chi connectivity index (χ0n) is 13.3. The van der Waals surface area contributed by atoms with Crippen molar-refractivity contribution in [2.45, 2.75) is 57.9 Å². The van der Waals surface area contributed by atoms with Gasteiger partial charge in [0.05, 0.1) is 0 Å². The number of amides is 1. The molecule has 0 radical (unpaired) electrons. The summed E-state index contributed by atoms with van der Waals surface area (Å²) in [7, 11) is 0. The van der Waals surface area contributed by atoms with Crippen molar-refractivity contribution in [1.29, 1.82) is 0 Å². The van der Waals surface area contributed by atoms with Crippen LogP contribution in [0.1, 0.15) is 56.6 Å². The number of aryl methyl sites for hydroxylation is 1. The van der Waals surface area contributed by atoms with Gasteiger partial charge in [-0.2, -0.15) is 0 Å². The molecule has 1 aliphatic rings. The van der Waals surface area contributed by atoms with E-state index in [1.807, 2.05) is 6.92 Å². The lowest BCUT2D eigenvalue weighted by molar-refractivity contribution is -0.121. The van der Waals surface area contributed by atoms with Crippen molar-refractivity contribution in [2.24, 2.45) is 0 Å². The highest BCUT2D eigenvalue weighted by Crippen LogP contribution is 2.30. The van der Waals surface area contributed by atoms with Gasteiger partial charge in [-0.15, -0.1) is 0 Å². The molecule has 3 heteroatoms. The molecule has 116 valence electrons. The summed E-state index contributed by atoms with van der Waals surface area (Å²) < 4.78 is 0. The van der Waals surface area contributed by atoms with Crippen LogP contribution < -0.4 is 10.6 Å². The van der Waals surface area contributed by atoms with Gasteiger partial charge in [0.15, 0.2) is 0 Å². The molecule has 0 saturated carbocycles. The second-order valence-corrected chi connectivity index (χ2v) is 6.12. The molecule has 2 atom stereocenters. The summed E-state index contributed by atoms with van der Waals surface area (Å²) in [6.45, 7) is 5.88. The van der Waals surface area contributed by atoms with Gasteiger partial charge in [-0.05, 0) is 49.7 Å². The van der Waals surface area contributed by atoms with E-state index in [0.29, 0.717) is 12.3 Å². The number of fused-ring (bicyclic) bond motifs is 1. The van der Waals surface area contributed by atoms with Gasteiger partial charge in [-0.3, -0.25) is 4.79 Å². The Hall–Kier alpha value is -1.35. The fraction of sp³-hybridized carbons (Fsp3) is 0.611. The van der Waals surface area contributed by atoms with Crippen molar-refractivity contribution >= 4 is 5.91 Å². The number of benzene rings is 1. The maximum atomic E-state index is 11.7. The Bertz CT molecular complexity index is 458. The topological polar surface area (TPSA) is 41.1 Å². The van der Waals surface area contributed by atoms with E-state index >= 15 is 0 Å². The standard InChI is InChI=1S/C18H28N2O/c1-3-14(2)20-18(21)11-12-19-13-16-9-6-8-15-7-4-5-10-17(15)16/h4-5,7,10,14,16,19H,3,6,8-9,11-13H2,1-2H3,(H,20,21). The number of nitrogens with one attached hydrogen (secondary N) is 2. The Balaban J connectivity index is 1.71. The molecule has 1 aromatic carbocycles. The molecule has 0 aliphatic heterocycles. The van der Waals surface area contributed by atoms with E-state index in [1.165, 1.54) is 30.4 Å². The number of hydrogen-bond donors (Lipinski definition) is 2. The summed E-state index contributed by atoms with van der Waals surface area (Å²) >= 11 is 0. The SMILES string of the molecule is CCC(C)NC(=O)CCNCC1CCCc2ccccc21. The van der Waals surface area contributed by atoms with Gasteiger partial charge in [0.2, 0.25) is 5.91 Å². The van der Waals surface area contributed by atoms with E-state index in [4.69, 9.17) is 0 Å². The average molecular weight is 288 g/mol. The lowest BCUT2D eigenvalue weighted by atomic mass is 9.83. The van der Waals surface area contributed by atoms with Crippen LogP contribution in [-0.2, 0) is 11.2 Å². The lowest BCUT2D eigenvalue weighted by Crippen LogP contribution is -2.34. The molecule has 3 nitrogen and oxygen atoms in total. The van der Waals surface area contributed by atoms with Gasteiger partial charge in [-0.1, -0.05) is 31.2 Å². The summed E-state index contributed by atoms with van der Waals surface area (Å²) in [6, 6.07) is 9.06. The summed E-state index contributed by atoms with van der Waals surface area (Å²) in [5, 5.41) is 6.46. The second-order valence-electron chi connectivity index (χ2n) is 6.12. The maximum absolute atomic E-state index is 11.7. The average Bonchev–Trinajstić information content (AvgIpc) is 2.51. The van der Waals surface area contributed by atoms with Crippen LogP contribution in [0.15, 0.2) is 24.3 Å². The fourth-order valence-electron chi connectivity index (χ4n) is 2.99. The highest BCUT2D eigenvalue weighted by Gasteiger charge is 2.19. The molecule has 1 amide bonds. The second kappa shape index (κ2) is 8.18. The van der Waals surface area contributed by atoms with Crippen LogP contribution in [0.3, 0.4) is 0 Å². The highest BCUT2D eigenvalue weighted by atomic mass is 16.1. The summed E-state index contributed by atoms with van der Waals surface area (Å²) in [5.74, 6) is 0.758. The third kappa shape index (κ3) is 4.85. The van der Waals surface area contributed by atoms with Gasteiger partial charge >= 0.3 is 0 Å². The Labute approximate surface area is 128 Å².